The summed E-state index contributed by atoms with van der Waals surface area (Å²) in [5, 5.41) is 3.70. The van der Waals surface area contributed by atoms with E-state index in [2.05, 4.69) is 17.4 Å². The van der Waals surface area contributed by atoms with E-state index < -0.39 is 0 Å². The first-order valence-electron chi connectivity index (χ1n) is 4.20. The minimum Gasteiger partial charge on any atom is -0.396 e. The van der Waals surface area contributed by atoms with Crippen LogP contribution in [0.5, 0.6) is 0 Å². The number of rotatable bonds is 3. The standard InChI is InChI=1S/C9H14NO/c1-2-11-10-8-9-6-4-3-5-7-9/h6H,2-5,7H2,1H3. The maximum Gasteiger partial charge on any atom is 0.135 e. The van der Waals surface area contributed by atoms with Crippen LogP contribution in [0, 0.1) is 0 Å². The molecule has 0 fully saturated rings. The van der Waals surface area contributed by atoms with Gasteiger partial charge in [-0.3, -0.25) is 0 Å². The molecular weight excluding hydrogens is 138 g/mol. The van der Waals surface area contributed by atoms with Crippen LogP contribution in [0.25, 0.3) is 0 Å². The highest BCUT2D eigenvalue weighted by molar-refractivity contribution is 5.78. The number of allylic oxidation sites excluding steroid dienone is 2. The van der Waals surface area contributed by atoms with E-state index in [1.807, 2.05) is 6.92 Å². The van der Waals surface area contributed by atoms with Crippen LogP contribution in [-0.4, -0.2) is 12.8 Å². The monoisotopic (exact) mass is 152 g/mol. The zero-order chi connectivity index (χ0) is 7.94. The van der Waals surface area contributed by atoms with Gasteiger partial charge >= 0.3 is 0 Å². The summed E-state index contributed by atoms with van der Waals surface area (Å²) in [6.07, 6.45) is 9.92. The lowest BCUT2D eigenvalue weighted by Crippen LogP contribution is -1.93. The predicted octanol–water partition coefficient (Wildman–Crippen LogP) is 2.39. The zero-order valence-corrected chi connectivity index (χ0v) is 6.97. The van der Waals surface area contributed by atoms with Crippen LogP contribution in [0.2, 0.25) is 0 Å². The second-order valence-corrected chi connectivity index (χ2v) is 2.60. The van der Waals surface area contributed by atoms with Crippen LogP contribution < -0.4 is 0 Å². The molecule has 0 bridgehead atoms. The van der Waals surface area contributed by atoms with E-state index in [1.54, 1.807) is 0 Å². The highest BCUT2D eigenvalue weighted by atomic mass is 16.6. The Kier molecular flexibility index (Phi) is 3.73. The maximum atomic E-state index is 4.81. The van der Waals surface area contributed by atoms with Crippen molar-refractivity contribution in [3.8, 4) is 0 Å². The van der Waals surface area contributed by atoms with Crippen molar-refractivity contribution in [1.82, 2.24) is 0 Å². The lowest BCUT2D eigenvalue weighted by Gasteiger charge is -2.05. The molecule has 61 valence electrons. The molecule has 0 aromatic rings. The minimum atomic E-state index is 0.625. The first kappa shape index (κ1) is 8.31. The zero-order valence-electron chi connectivity index (χ0n) is 6.97. The summed E-state index contributed by atoms with van der Waals surface area (Å²) in [5.74, 6) is 0. The van der Waals surface area contributed by atoms with Crippen molar-refractivity contribution in [3.05, 3.63) is 11.6 Å². The fourth-order valence-electron chi connectivity index (χ4n) is 1.10. The predicted molar refractivity (Wildman–Crippen MR) is 45.6 cm³/mol. The topological polar surface area (TPSA) is 21.6 Å². The molecule has 1 aliphatic rings. The molecule has 0 aliphatic heterocycles. The Balaban J connectivity index is 2.29. The lowest BCUT2D eigenvalue weighted by atomic mass is 10.0. The van der Waals surface area contributed by atoms with Gasteiger partial charge in [0.15, 0.2) is 0 Å². The lowest BCUT2D eigenvalue weighted by molar-refractivity contribution is 0.160. The molecule has 0 unspecified atom stereocenters. The first-order valence-corrected chi connectivity index (χ1v) is 4.20. The van der Waals surface area contributed by atoms with Gasteiger partial charge in [0.1, 0.15) is 12.8 Å². The van der Waals surface area contributed by atoms with E-state index in [-0.39, 0.29) is 0 Å². The van der Waals surface area contributed by atoms with Crippen LogP contribution in [0.4, 0.5) is 0 Å². The van der Waals surface area contributed by atoms with E-state index in [0.29, 0.717) is 6.61 Å². The minimum absolute atomic E-state index is 0.625. The van der Waals surface area contributed by atoms with Crippen molar-refractivity contribution >= 4 is 6.21 Å². The van der Waals surface area contributed by atoms with E-state index in [4.69, 9.17) is 4.84 Å². The molecule has 2 heteroatoms. The van der Waals surface area contributed by atoms with Crippen molar-refractivity contribution in [2.24, 2.45) is 5.16 Å². The van der Waals surface area contributed by atoms with Gasteiger partial charge in [-0.25, -0.2) is 0 Å². The van der Waals surface area contributed by atoms with Gasteiger partial charge in [-0.15, -0.1) is 0 Å². The first-order chi connectivity index (χ1) is 5.43. The molecule has 0 heterocycles. The van der Waals surface area contributed by atoms with Gasteiger partial charge in [0.2, 0.25) is 0 Å². The Morgan fingerprint density at radius 3 is 3.18 bits per heavy atom. The van der Waals surface area contributed by atoms with Crippen molar-refractivity contribution in [2.45, 2.75) is 32.6 Å². The van der Waals surface area contributed by atoms with Crippen LogP contribution in [0.15, 0.2) is 16.8 Å². The summed E-state index contributed by atoms with van der Waals surface area (Å²) in [5.41, 5.74) is 1.20. The fraction of sp³-hybridized carbons (Fsp3) is 0.667. The molecule has 0 aromatic heterocycles. The van der Waals surface area contributed by atoms with Crippen LogP contribution in [-0.2, 0) is 4.84 Å². The summed E-state index contributed by atoms with van der Waals surface area (Å²) >= 11 is 0. The molecule has 0 spiro atoms. The Hall–Kier alpha value is -0.790. The van der Waals surface area contributed by atoms with Crippen molar-refractivity contribution < 1.29 is 4.84 Å². The summed E-state index contributed by atoms with van der Waals surface area (Å²) in [6.45, 7) is 2.54. The molecule has 0 N–H and O–H groups in total. The van der Waals surface area contributed by atoms with E-state index >= 15 is 0 Å². The Morgan fingerprint density at radius 1 is 1.64 bits per heavy atom. The summed E-state index contributed by atoms with van der Waals surface area (Å²) in [6, 6.07) is 0. The Morgan fingerprint density at radius 2 is 2.55 bits per heavy atom. The van der Waals surface area contributed by atoms with Gasteiger partial charge < -0.3 is 4.84 Å². The smallest absolute Gasteiger partial charge is 0.135 e. The molecule has 1 rings (SSSR count). The number of hydrogen-bond donors (Lipinski definition) is 0. The average Bonchev–Trinajstić information content (AvgIpc) is 2.07. The van der Waals surface area contributed by atoms with E-state index in [0.717, 1.165) is 6.42 Å². The molecule has 0 saturated carbocycles. The quantitative estimate of drug-likeness (QED) is 0.449. The maximum absolute atomic E-state index is 4.81. The molecule has 1 radical (unpaired) electrons. The van der Waals surface area contributed by atoms with Gasteiger partial charge in [0.25, 0.3) is 0 Å². The van der Waals surface area contributed by atoms with Crippen molar-refractivity contribution in [3.63, 3.8) is 0 Å². The summed E-state index contributed by atoms with van der Waals surface area (Å²) in [7, 11) is 0. The van der Waals surface area contributed by atoms with Gasteiger partial charge in [-0.1, -0.05) is 11.2 Å². The van der Waals surface area contributed by atoms with E-state index in [1.165, 1.54) is 24.8 Å². The van der Waals surface area contributed by atoms with Crippen molar-refractivity contribution in [1.29, 1.82) is 0 Å². The van der Waals surface area contributed by atoms with Crippen LogP contribution >= 0.6 is 0 Å². The van der Waals surface area contributed by atoms with Gasteiger partial charge in [-0.2, -0.15) is 0 Å². The molecule has 0 amide bonds. The Labute approximate surface area is 67.9 Å². The second kappa shape index (κ2) is 4.94. The molecule has 0 atom stereocenters. The average molecular weight is 152 g/mol. The Bertz CT molecular complexity index is 161. The normalized spacial score (nSPS) is 18.5. The largest absolute Gasteiger partial charge is 0.396 e. The van der Waals surface area contributed by atoms with Gasteiger partial charge in [0, 0.05) is 0 Å². The highest BCUT2D eigenvalue weighted by Crippen LogP contribution is 2.15. The van der Waals surface area contributed by atoms with E-state index in [9.17, 15) is 0 Å². The third-order valence-corrected chi connectivity index (χ3v) is 1.67. The third-order valence-electron chi connectivity index (χ3n) is 1.67. The summed E-state index contributed by atoms with van der Waals surface area (Å²) in [4.78, 5) is 4.81. The van der Waals surface area contributed by atoms with Gasteiger partial charge in [0.05, 0.1) is 0 Å². The third kappa shape index (κ3) is 3.21. The molecule has 0 aromatic carbocycles. The molecular formula is C9H14NO. The fourth-order valence-corrected chi connectivity index (χ4v) is 1.10. The molecule has 11 heavy (non-hydrogen) atoms. The molecule has 1 aliphatic carbocycles. The van der Waals surface area contributed by atoms with Crippen molar-refractivity contribution in [2.75, 3.05) is 6.61 Å². The molecule has 2 nitrogen and oxygen atoms in total. The second-order valence-electron chi connectivity index (χ2n) is 2.60. The highest BCUT2D eigenvalue weighted by Gasteiger charge is 2.00. The summed E-state index contributed by atoms with van der Waals surface area (Å²) < 4.78 is 0. The number of hydrogen-bond acceptors (Lipinski definition) is 2. The van der Waals surface area contributed by atoms with Crippen LogP contribution in [0.1, 0.15) is 32.6 Å². The van der Waals surface area contributed by atoms with Gasteiger partial charge in [-0.05, 0) is 38.2 Å². The molecule has 0 saturated heterocycles. The van der Waals surface area contributed by atoms with Crippen LogP contribution in [0.3, 0.4) is 0 Å². The number of nitrogens with zero attached hydrogens (tertiary/aromatic N) is 1. The SMILES string of the molecule is CCO/N=[C]/C1=CCCCC1.